The van der Waals surface area contributed by atoms with Gasteiger partial charge in [-0.1, -0.05) is 6.07 Å². The summed E-state index contributed by atoms with van der Waals surface area (Å²) in [6.45, 7) is 0.0516. The topological polar surface area (TPSA) is 144 Å². The molecule has 140 valence electrons. The van der Waals surface area contributed by atoms with Crippen LogP contribution in [-0.4, -0.2) is 23.9 Å². The summed E-state index contributed by atoms with van der Waals surface area (Å²) in [6, 6.07) is 8.71. The van der Waals surface area contributed by atoms with Crippen molar-refractivity contribution in [3.8, 4) is 0 Å². The van der Waals surface area contributed by atoms with E-state index < -0.39 is 27.2 Å². The number of nitrogens with zero attached hydrogens (tertiary/aromatic N) is 1. The molecule has 0 spiro atoms. The third-order valence-electron chi connectivity index (χ3n) is 3.64. The molecule has 0 radical (unpaired) electrons. The zero-order chi connectivity index (χ0) is 19.6. The van der Waals surface area contributed by atoms with Crippen LogP contribution in [0.1, 0.15) is 15.2 Å². The third-order valence-corrected chi connectivity index (χ3v) is 5.43. The summed E-state index contributed by atoms with van der Waals surface area (Å²) in [6.07, 6.45) is 1.05. The van der Waals surface area contributed by atoms with Crippen molar-refractivity contribution in [3.63, 3.8) is 0 Å². The van der Waals surface area contributed by atoms with E-state index in [0.717, 1.165) is 15.6 Å². The second kappa shape index (κ2) is 7.31. The van der Waals surface area contributed by atoms with Crippen LogP contribution in [0, 0.1) is 0 Å². The fourth-order valence-corrected chi connectivity index (χ4v) is 3.51. The fraction of sp³-hybridized carbons (Fsp3) is 0.0625. The summed E-state index contributed by atoms with van der Waals surface area (Å²) < 4.78 is 23.4. The van der Waals surface area contributed by atoms with Crippen molar-refractivity contribution in [1.82, 2.24) is 9.55 Å². The Kier molecular flexibility index (Phi) is 5.08. The molecule has 11 heteroatoms. The molecule has 0 atom stereocenters. The number of nitrogens with two attached hydrogens (primary N) is 1. The summed E-state index contributed by atoms with van der Waals surface area (Å²) in [4.78, 5) is 39.9. The van der Waals surface area contributed by atoms with Crippen LogP contribution in [0.5, 0.6) is 0 Å². The van der Waals surface area contributed by atoms with Crippen LogP contribution in [0.4, 0.5) is 5.69 Å². The predicted octanol–water partition coefficient (Wildman–Crippen LogP) is 0.546. The van der Waals surface area contributed by atoms with E-state index in [4.69, 9.17) is 5.14 Å². The number of aromatic amines is 1. The zero-order valence-electron chi connectivity index (χ0n) is 13.7. The molecule has 0 unspecified atom stereocenters. The molecule has 27 heavy (non-hydrogen) atoms. The van der Waals surface area contributed by atoms with Crippen molar-refractivity contribution >= 4 is 33.0 Å². The quantitative estimate of drug-likeness (QED) is 0.567. The normalized spacial score (nSPS) is 11.3. The van der Waals surface area contributed by atoms with Gasteiger partial charge in [-0.2, -0.15) is 0 Å². The van der Waals surface area contributed by atoms with Crippen molar-refractivity contribution in [2.24, 2.45) is 5.14 Å². The van der Waals surface area contributed by atoms with Gasteiger partial charge in [-0.25, -0.2) is 18.4 Å². The largest absolute Gasteiger partial charge is 0.328 e. The highest BCUT2D eigenvalue weighted by atomic mass is 32.2. The van der Waals surface area contributed by atoms with Crippen molar-refractivity contribution in [1.29, 1.82) is 0 Å². The van der Waals surface area contributed by atoms with Crippen LogP contribution in [-0.2, 0) is 16.6 Å². The average molecular weight is 406 g/mol. The smallest absolute Gasteiger partial charge is 0.322 e. The molecule has 1 aromatic carbocycles. The molecule has 0 saturated heterocycles. The van der Waals surface area contributed by atoms with Gasteiger partial charge in [-0.3, -0.25) is 14.2 Å². The second-order valence-electron chi connectivity index (χ2n) is 5.50. The highest BCUT2D eigenvalue weighted by Gasteiger charge is 2.16. The van der Waals surface area contributed by atoms with E-state index in [0.29, 0.717) is 0 Å². The molecule has 4 N–H and O–H groups in total. The number of anilines is 1. The lowest BCUT2D eigenvalue weighted by Crippen LogP contribution is -2.39. The lowest BCUT2D eigenvalue weighted by atomic mass is 10.2. The van der Waals surface area contributed by atoms with Crippen LogP contribution >= 0.6 is 11.3 Å². The first-order valence-corrected chi connectivity index (χ1v) is 9.97. The number of benzene rings is 1. The zero-order valence-corrected chi connectivity index (χ0v) is 15.3. The first-order chi connectivity index (χ1) is 12.8. The molecule has 2 aromatic heterocycles. The van der Waals surface area contributed by atoms with Gasteiger partial charge in [0.15, 0.2) is 0 Å². The Bertz CT molecular complexity index is 1190. The molecule has 3 aromatic rings. The Morgan fingerprint density at radius 2 is 1.89 bits per heavy atom. The van der Waals surface area contributed by atoms with Crippen molar-refractivity contribution in [3.05, 3.63) is 79.3 Å². The summed E-state index contributed by atoms with van der Waals surface area (Å²) in [5.74, 6) is -0.737. The number of hydrogen-bond donors (Lipinski definition) is 3. The van der Waals surface area contributed by atoms with Gasteiger partial charge in [0.05, 0.1) is 11.4 Å². The maximum atomic E-state index is 12.5. The Morgan fingerprint density at radius 1 is 1.19 bits per heavy atom. The van der Waals surface area contributed by atoms with Gasteiger partial charge in [0, 0.05) is 16.8 Å². The number of amides is 1. The van der Waals surface area contributed by atoms with E-state index in [1.54, 1.807) is 12.1 Å². The van der Waals surface area contributed by atoms with Crippen molar-refractivity contribution in [2.75, 3.05) is 5.32 Å². The number of hydrogen-bond acceptors (Lipinski definition) is 6. The molecule has 0 aliphatic rings. The molecule has 9 nitrogen and oxygen atoms in total. The van der Waals surface area contributed by atoms with Gasteiger partial charge in [-0.05, 0) is 35.7 Å². The first-order valence-electron chi connectivity index (χ1n) is 7.55. The number of carbonyl (C=O) groups excluding carboxylic acids is 1. The number of aromatic nitrogens is 2. The van der Waals surface area contributed by atoms with Crippen LogP contribution < -0.4 is 21.7 Å². The number of nitrogens with one attached hydrogen (secondary N) is 2. The summed E-state index contributed by atoms with van der Waals surface area (Å²) in [7, 11) is -3.85. The Morgan fingerprint density at radius 3 is 2.48 bits per heavy atom. The van der Waals surface area contributed by atoms with E-state index in [1.807, 2.05) is 5.38 Å². The fourth-order valence-electron chi connectivity index (χ4n) is 2.30. The average Bonchev–Trinajstić information content (AvgIpc) is 3.11. The molecule has 2 heterocycles. The van der Waals surface area contributed by atoms with Crippen LogP contribution in [0.2, 0.25) is 0 Å². The van der Waals surface area contributed by atoms with E-state index >= 15 is 0 Å². The van der Waals surface area contributed by atoms with E-state index in [1.165, 1.54) is 35.6 Å². The molecule has 0 bridgehead atoms. The first kappa shape index (κ1) is 18.8. The highest BCUT2D eigenvalue weighted by Crippen LogP contribution is 2.13. The molecule has 1 amide bonds. The van der Waals surface area contributed by atoms with Crippen molar-refractivity contribution < 1.29 is 13.2 Å². The number of H-pyrrole nitrogens is 1. The Hall–Kier alpha value is -3.02. The van der Waals surface area contributed by atoms with Gasteiger partial charge in [0.1, 0.15) is 5.56 Å². The van der Waals surface area contributed by atoms with Gasteiger partial charge < -0.3 is 10.3 Å². The minimum atomic E-state index is -3.85. The van der Waals surface area contributed by atoms with Crippen LogP contribution in [0.3, 0.4) is 0 Å². The maximum absolute atomic E-state index is 12.5. The number of carbonyl (C=O) groups is 1. The molecule has 0 aliphatic carbocycles. The molecule has 0 fully saturated rings. The number of sulfonamides is 1. The van der Waals surface area contributed by atoms with Crippen LogP contribution in [0.15, 0.2) is 62.5 Å². The molecular weight excluding hydrogens is 392 g/mol. The van der Waals surface area contributed by atoms with E-state index in [-0.39, 0.29) is 22.7 Å². The van der Waals surface area contributed by atoms with Crippen LogP contribution in [0.25, 0.3) is 0 Å². The Balaban J connectivity index is 1.87. The third kappa shape index (κ3) is 4.22. The summed E-state index contributed by atoms with van der Waals surface area (Å²) in [5, 5.41) is 9.30. The summed E-state index contributed by atoms with van der Waals surface area (Å²) in [5.41, 5.74) is -1.34. The van der Waals surface area contributed by atoms with E-state index in [2.05, 4.69) is 10.3 Å². The molecule has 3 rings (SSSR count). The number of primary sulfonamides is 1. The lowest BCUT2D eigenvalue weighted by molar-refractivity contribution is 0.102. The Labute approximate surface area is 157 Å². The monoisotopic (exact) mass is 406 g/mol. The van der Waals surface area contributed by atoms with Gasteiger partial charge in [-0.15, -0.1) is 11.3 Å². The van der Waals surface area contributed by atoms with Crippen molar-refractivity contribution in [2.45, 2.75) is 11.4 Å². The molecule has 0 saturated carbocycles. The SMILES string of the molecule is NS(=O)(=O)c1ccc(NC(=O)c2c[nH]c(=O)n(Cc3cccs3)c2=O)cc1. The lowest BCUT2D eigenvalue weighted by Gasteiger charge is -2.08. The molecule has 0 aliphatic heterocycles. The van der Waals surface area contributed by atoms with Gasteiger partial charge >= 0.3 is 5.69 Å². The predicted molar refractivity (Wildman–Crippen MR) is 101 cm³/mol. The second-order valence-corrected chi connectivity index (χ2v) is 8.10. The maximum Gasteiger partial charge on any atom is 0.328 e. The minimum absolute atomic E-state index is 0.0516. The minimum Gasteiger partial charge on any atom is -0.322 e. The number of thiophene rings is 1. The standard InChI is InChI=1S/C16H14N4O5S2/c17-27(24,25)12-5-3-10(4-6-12)19-14(21)13-8-18-16(23)20(15(13)22)9-11-2-1-7-26-11/h1-8H,9H2,(H,18,23)(H,19,21)(H2,17,24,25). The highest BCUT2D eigenvalue weighted by molar-refractivity contribution is 7.89. The van der Waals surface area contributed by atoms with Gasteiger partial charge in [0.25, 0.3) is 11.5 Å². The van der Waals surface area contributed by atoms with E-state index in [9.17, 15) is 22.8 Å². The van der Waals surface area contributed by atoms with Gasteiger partial charge in [0.2, 0.25) is 10.0 Å². The molecular formula is C16H14N4O5S2. The summed E-state index contributed by atoms with van der Waals surface area (Å²) >= 11 is 1.38. The number of rotatable bonds is 5.